The monoisotopic (exact) mass is 655 g/mol. The van der Waals surface area contributed by atoms with Crippen LogP contribution in [0.1, 0.15) is 16.7 Å². The van der Waals surface area contributed by atoms with Gasteiger partial charge in [0.05, 0.1) is 27.2 Å². The van der Waals surface area contributed by atoms with E-state index in [4.69, 9.17) is 25.8 Å². The lowest BCUT2D eigenvalue weighted by Crippen LogP contribution is -2.20. The van der Waals surface area contributed by atoms with Gasteiger partial charge in [0.15, 0.2) is 17.3 Å². The molecule has 0 fully saturated rings. The number of rotatable bonds is 6. The van der Waals surface area contributed by atoms with Gasteiger partial charge in [-0.25, -0.2) is 4.98 Å². The van der Waals surface area contributed by atoms with Gasteiger partial charge in [0, 0.05) is 16.1 Å². The van der Waals surface area contributed by atoms with Crippen molar-refractivity contribution in [2.45, 2.75) is 12.8 Å². The zero-order valence-electron chi connectivity index (χ0n) is 21.4. The Morgan fingerprint density at radius 1 is 1.02 bits per heavy atom. The molecular weight excluding hydrogens is 639 g/mol. The highest BCUT2D eigenvalue weighted by Gasteiger charge is 2.31. The number of nitrogens with zero attached hydrogens (tertiary/aromatic N) is 3. The molecule has 1 aliphatic rings. The van der Waals surface area contributed by atoms with Crippen LogP contribution in [0.3, 0.4) is 0 Å². The van der Waals surface area contributed by atoms with Crippen LogP contribution in [0.2, 0.25) is 5.02 Å². The summed E-state index contributed by atoms with van der Waals surface area (Å²) in [5.41, 5.74) is 0.163. The zero-order valence-corrected chi connectivity index (χ0v) is 23.7. The van der Waals surface area contributed by atoms with Crippen molar-refractivity contribution < 1.29 is 27.4 Å². The second-order valence-electron chi connectivity index (χ2n) is 9.17. The van der Waals surface area contributed by atoms with E-state index in [0.29, 0.717) is 37.8 Å². The summed E-state index contributed by atoms with van der Waals surface area (Å²) in [6.45, 7) is 0.305. The molecule has 212 valence electrons. The van der Waals surface area contributed by atoms with Crippen molar-refractivity contribution in [3.63, 3.8) is 0 Å². The van der Waals surface area contributed by atoms with Gasteiger partial charge in [-0.1, -0.05) is 41.9 Å². The summed E-state index contributed by atoms with van der Waals surface area (Å²) < 4.78 is 58.9. The Morgan fingerprint density at radius 3 is 2.67 bits per heavy atom. The molecule has 6 rings (SSSR count). The second-order valence-corrected chi connectivity index (χ2v) is 10.5. The third kappa shape index (κ3) is 5.57. The van der Waals surface area contributed by atoms with E-state index in [1.165, 1.54) is 18.3 Å². The summed E-state index contributed by atoms with van der Waals surface area (Å²) >= 11 is 9.79. The summed E-state index contributed by atoms with van der Waals surface area (Å²) in [4.78, 5) is 18.0. The van der Waals surface area contributed by atoms with Crippen LogP contribution >= 0.6 is 27.5 Å². The minimum Gasteiger partial charge on any atom is -0.487 e. The molecule has 12 heteroatoms. The molecule has 0 radical (unpaired) electrons. The van der Waals surface area contributed by atoms with E-state index < -0.39 is 17.3 Å². The van der Waals surface area contributed by atoms with Gasteiger partial charge in [-0.15, -0.1) is 0 Å². The lowest BCUT2D eigenvalue weighted by molar-refractivity contribution is -0.137. The fourth-order valence-corrected chi connectivity index (χ4v) is 5.34. The molecule has 4 aromatic carbocycles. The normalized spacial score (nSPS) is 12.8. The molecule has 2 heterocycles. The van der Waals surface area contributed by atoms with Crippen molar-refractivity contribution in [1.29, 1.82) is 0 Å². The van der Waals surface area contributed by atoms with Gasteiger partial charge in [0.2, 0.25) is 6.79 Å². The van der Waals surface area contributed by atoms with Gasteiger partial charge in [-0.3, -0.25) is 4.79 Å². The fraction of sp³-hybridized carbons (Fsp3) is 0.100. The zero-order chi connectivity index (χ0) is 29.4. The number of alkyl halides is 3. The average molecular weight is 657 g/mol. The number of para-hydroxylation sites is 1. The van der Waals surface area contributed by atoms with Crippen LogP contribution in [0.15, 0.2) is 93.2 Å². The molecule has 0 amide bonds. The molecule has 1 aromatic heterocycles. The highest BCUT2D eigenvalue weighted by atomic mass is 79.9. The third-order valence-electron chi connectivity index (χ3n) is 6.37. The molecule has 0 atom stereocenters. The Labute approximate surface area is 249 Å². The SMILES string of the molecule is O=c1c2ccccc2nc(-c2cccc(C(F)(F)F)c2)n1N=Cc1cc(Cl)cc(Br)c1OCc1ccc2c(c1)OCO2. The van der Waals surface area contributed by atoms with Crippen molar-refractivity contribution in [3.05, 3.63) is 115 Å². The molecule has 42 heavy (non-hydrogen) atoms. The smallest absolute Gasteiger partial charge is 0.416 e. The maximum Gasteiger partial charge on any atom is 0.416 e. The van der Waals surface area contributed by atoms with Crippen molar-refractivity contribution in [3.8, 4) is 28.6 Å². The van der Waals surface area contributed by atoms with Gasteiger partial charge in [-0.05, 0) is 70.0 Å². The number of fused-ring (bicyclic) bond motifs is 2. The Balaban J connectivity index is 1.42. The van der Waals surface area contributed by atoms with E-state index in [0.717, 1.165) is 22.4 Å². The van der Waals surface area contributed by atoms with Gasteiger partial charge in [-0.2, -0.15) is 22.9 Å². The molecular formula is C30H18BrClF3N3O4. The van der Waals surface area contributed by atoms with Crippen LogP contribution in [-0.4, -0.2) is 22.7 Å². The van der Waals surface area contributed by atoms with E-state index in [1.807, 2.05) is 12.1 Å². The first kappa shape index (κ1) is 27.8. The molecule has 0 aliphatic carbocycles. The van der Waals surface area contributed by atoms with E-state index in [2.05, 4.69) is 26.0 Å². The predicted molar refractivity (Wildman–Crippen MR) is 155 cm³/mol. The maximum absolute atomic E-state index is 13.5. The van der Waals surface area contributed by atoms with Crippen LogP contribution < -0.4 is 19.8 Å². The predicted octanol–water partition coefficient (Wildman–Crippen LogP) is 7.69. The molecule has 5 aromatic rings. The average Bonchev–Trinajstić information content (AvgIpc) is 3.44. The van der Waals surface area contributed by atoms with E-state index in [-0.39, 0.29) is 30.2 Å². The van der Waals surface area contributed by atoms with Gasteiger partial charge >= 0.3 is 6.18 Å². The van der Waals surface area contributed by atoms with Crippen LogP contribution in [0.4, 0.5) is 13.2 Å². The Bertz CT molecular complexity index is 1930. The number of hydrogen-bond donors (Lipinski definition) is 0. The first-order chi connectivity index (χ1) is 20.2. The standard InChI is InChI=1S/C30H18BrClF3N3O4/c31-23-13-21(32)12-19(27(23)40-15-17-8-9-25-26(10-17)42-16-41-25)14-36-38-28(18-4-3-5-20(11-18)30(33,34)35)37-24-7-2-1-6-22(24)29(38)39/h1-14H,15-16H2. The van der Waals surface area contributed by atoms with Crippen molar-refractivity contribution in [1.82, 2.24) is 9.66 Å². The van der Waals surface area contributed by atoms with Crippen LogP contribution in [0.25, 0.3) is 22.3 Å². The maximum atomic E-state index is 13.5. The highest BCUT2D eigenvalue weighted by molar-refractivity contribution is 9.10. The lowest BCUT2D eigenvalue weighted by atomic mass is 10.1. The second kappa shape index (κ2) is 11.1. The molecule has 0 spiro atoms. The molecule has 0 unspecified atom stereocenters. The fourth-order valence-electron chi connectivity index (χ4n) is 4.39. The minimum absolute atomic E-state index is 0.0648. The van der Waals surface area contributed by atoms with Gasteiger partial charge in [0.25, 0.3) is 5.56 Å². The number of hydrogen-bond acceptors (Lipinski definition) is 6. The molecule has 1 aliphatic heterocycles. The van der Waals surface area contributed by atoms with Crippen molar-refractivity contribution in [2.75, 3.05) is 6.79 Å². The quantitative estimate of drug-likeness (QED) is 0.175. The van der Waals surface area contributed by atoms with Crippen molar-refractivity contribution >= 4 is 44.6 Å². The van der Waals surface area contributed by atoms with Crippen LogP contribution in [0, 0.1) is 0 Å². The van der Waals surface area contributed by atoms with Crippen LogP contribution in [0.5, 0.6) is 17.2 Å². The topological polar surface area (TPSA) is 74.9 Å². The molecule has 7 nitrogen and oxygen atoms in total. The Hall–Kier alpha value is -4.35. The number of aromatic nitrogens is 2. The Morgan fingerprint density at radius 2 is 1.83 bits per heavy atom. The Kier molecular flexibility index (Phi) is 7.38. The molecule has 0 N–H and O–H groups in total. The minimum atomic E-state index is -4.58. The number of halogens is 5. The lowest BCUT2D eigenvalue weighted by Gasteiger charge is -2.14. The van der Waals surface area contributed by atoms with E-state index in [1.54, 1.807) is 42.5 Å². The first-order valence-corrected chi connectivity index (χ1v) is 13.6. The number of ether oxygens (including phenoxy) is 3. The summed E-state index contributed by atoms with van der Waals surface area (Å²) in [6, 6.07) is 19.8. The number of benzene rings is 4. The molecule has 0 saturated heterocycles. The van der Waals surface area contributed by atoms with Gasteiger partial charge in [0.1, 0.15) is 12.4 Å². The van der Waals surface area contributed by atoms with E-state index >= 15 is 0 Å². The first-order valence-electron chi connectivity index (χ1n) is 12.4. The largest absolute Gasteiger partial charge is 0.487 e. The van der Waals surface area contributed by atoms with Gasteiger partial charge < -0.3 is 14.2 Å². The summed E-state index contributed by atoms with van der Waals surface area (Å²) in [5, 5.41) is 4.99. The van der Waals surface area contributed by atoms with E-state index in [9.17, 15) is 18.0 Å². The van der Waals surface area contributed by atoms with Crippen LogP contribution in [-0.2, 0) is 12.8 Å². The molecule has 0 bridgehead atoms. The summed E-state index contributed by atoms with van der Waals surface area (Å²) in [5.74, 6) is 1.57. The third-order valence-corrected chi connectivity index (χ3v) is 7.18. The van der Waals surface area contributed by atoms with Crippen molar-refractivity contribution in [2.24, 2.45) is 5.10 Å². The summed E-state index contributed by atoms with van der Waals surface area (Å²) in [7, 11) is 0. The summed E-state index contributed by atoms with van der Waals surface area (Å²) in [6.07, 6.45) is -3.24. The highest BCUT2D eigenvalue weighted by Crippen LogP contribution is 2.36. The molecule has 0 saturated carbocycles.